The molecule has 2 aliphatic rings. The SMILES string of the molecule is CCN(CC)C(=O)C(C)NC1CC(C)N(C2CC2)C1. The molecule has 2 rings (SSSR count). The molecule has 0 aromatic rings. The maximum Gasteiger partial charge on any atom is 0.239 e. The van der Waals surface area contributed by atoms with Gasteiger partial charge >= 0.3 is 0 Å². The first-order valence-corrected chi connectivity index (χ1v) is 7.87. The first kappa shape index (κ1) is 14.8. The molecular weight excluding hydrogens is 238 g/mol. The molecule has 1 heterocycles. The topological polar surface area (TPSA) is 35.6 Å². The predicted octanol–water partition coefficient (Wildman–Crippen LogP) is 1.46. The molecule has 0 bridgehead atoms. The molecule has 1 amide bonds. The highest BCUT2D eigenvalue weighted by Crippen LogP contribution is 2.33. The molecule has 0 radical (unpaired) electrons. The molecule has 19 heavy (non-hydrogen) atoms. The van der Waals surface area contributed by atoms with E-state index in [2.05, 4.69) is 17.1 Å². The number of nitrogens with zero attached hydrogens (tertiary/aromatic N) is 2. The molecule has 1 aliphatic heterocycles. The zero-order valence-electron chi connectivity index (χ0n) is 12.9. The molecule has 3 unspecified atom stereocenters. The van der Waals surface area contributed by atoms with Crippen LogP contribution in [0.5, 0.6) is 0 Å². The molecule has 1 N–H and O–H groups in total. The molecule has 4 nitrogen and oxygen atoms in total. The number of amides is 1. The number of hydrogen-bond acceptors (Lipinski definition) is 3. The average Bonchev–Trinajstić information content (AvgIpc) is 3.15. The van der Waals surface area contributed by atoms with Gasteiger partial charge in [-0.1, -0.05) is 0 Å². The number of likely N-dealkylation sites (N-methyl/N-ethyl adjacent to an activating group) is 1. The van der Waals surface area contributed by atoms with Crippen LogP contribution in [0.1, 0.15) is 47.0 Å². The third-order valence-corrected chi connectivity index (χ3v) is 4.57. The van der Waals surface area contributed by atoms with Crippen molar-refractivity contribution in [3.63, 3.8) is 0 Å². The zero-order valence-corrected chi connectivity index (χ0v) is 12.9. The first-order valence-electron chi connectivity index (χ1n) is 7.87. The number of nitrogens with one attached hydrogen (secondary N) is 1. The highest BCUT2D eigenvalue weighted by molar-refractivity contribution is 5.81. The van der Waals surface area contributed by atoms with Crippen molar-refractivity contribution >= 4 is 5.91 Å². The van der Waals surface area contributed by atoms with E-state index in [1.807, 2.05) is 25.7 Å². The molecule has 110 valence electrons. The predicted molar refractivity (Wildman–Crippen MR) is 78.1 cm³/mol. The summed E-state index contributed by atoms with van der Waals surface area (Å²) in [5.41, 5.74) is 0. The minimum Gasteiger partial charge on any atom is -0.342 e. The van der Waals surface area contributed by atoms with E-state index in [4.69, 9.17) is 0 Å². The minimum absolute atomic E-state index is 0.0590. The number of hydrogen-bond donors (Lipinski definition) is 1. The van der Waals surface area contributed by atoms with Gasteiger partial charge in [-0.05, 0) is 47.0 Å². The van der Waals surface area contributed by atoms with Crippen LogP contribution in [-0.2, 0) is 4.79 Å². The summed E-state index contributed by atoms with van der Waals surface area (Å²) in [4.78, 5) is 16.8. The van der Waals surface area contributed by atoms with E-state index in [1.54, 1.807) is 0 Å². The fourth-order valence-corrected chi connectivity index (χ4v) is 3.33. The molecule has 4 heteroatoms. The molecular formula is C15H29N3O. The van der Waals surface area contributed by atoms with Gasteiger partial charge in [0.2, 0.25) is 5.91 Å². The van der Waals surface area contributed by atoms with Gasteiger partial charge in [-0.25, -0.2) is 0 Å². The van der Waals surface area contributed by atoms with Crippen LogP contribution >= 0.6 is 0 Å². The van der Waals surface area contributed by atoms with Crippen LogP contribution in [0.3, 0.4) is 0 Å². The van der Waals surface area contributed by atoms with Crippen molar-refractivity contribution in [3.8, 4) is 0 Å². The summed E-state index contributed by atoms with van der Waals surface area (Å²) in [6.07, 6.45) is 3.91. The standard InChI is InChI=1S/C15H29N3O/c1-5-17(6-2)15(19)12(4)16-13-9-11(3)18(10-13)14-7-8-14/h11-14,16H,5-10H2,1-4H3. The van der Waals surface area contributed by atoms with E-state index in [0.717, 1.165) is 25.7 Å². The lowest BCUT2D eigenvalue weighted by atomic mass is 10.1. The maximum absolute atomic E-state index is 12.3. The highest BCUT2D eigenvalue weighted by Gasteiger charge is 2.39. The Hall–Kier alpha value is -0.610. The van der Waals surface area contributed by atoms with E-state index in [-0.39, 0.29) is 11.9 Å². The minimum atomic E-state index is -0.0590. The molecule has 0 aromatic heterocycles. The third-order valence-electron chi connectivity index (χ3n) is 4.57. The van der Waals surface area contributed by atoms with Crippen LogP contribution in [-0.4, -0.2) is 59.5 Å². The largest absolute Gasteiger partial charge is 0.342 e. The van der Waals surface area contributed by atoms with E-state index in [0.29, 0.717) is 12.1 Å². The van der Waals surface area contributed by atoms with Crippen molar-refractivity contribution in [2.45, 2.75) is 71.1 Å². The molecule has 1 aliphatic carbocycles. The Balaban J connectivity index is 1.82. The Morgan fingerprint density at radius 2 is 2.00 bits per heavy atom. The van der Waals surface area contributed by atoms with Crippen molar-refractivity contribution < 1.29 is 4.79 Å². The Labute approximate surface area is 117 Å². The van der Waals surface area contributed by atoms with Crippen molar-refractivity contribution in [1.82, 2.24) is 15.1 Å². The molecule has 1 saturated heterocycles. The Bertz CT molecular complexity index is 313. The van der Waals surface area contributed by atoms with Crippen LogP contribution in [0.4, 0.5) is 0 Å². The van der Waals surface area contributed by atoms with Gasteiger partial charge in [-0.2, -0.15) is 0 Å². The van der Waals surface area contributed by atoms with Gasteiger partial charge in [0.15, 0.2) is 0 Å². The lowest BCUT2D eigenvalue weighted by Crippen LogP contribution is -2.49. The van der Waals surface area contributed by atoms with Crippen LogP contribution < -0.4 is 5.32 Å². The summed E-state index contributed by atoms with van der Waals surface area (Å²) >= 11 is 0. The van der Waals surface area contributed by atoms with Gasteiger partial charge in [-0.15, -0.1) is 0 Å². The van der Waals surface area contributed by atoms with Crippen LogP contribution in [0.25, 0.3) is 0 Å². The summed E-state index contributed by atoms with van der Waals surface area (Å²) in [6.45, 7) is 11.1. The summed E-state index contributed by atoms with van der Waals surface area (Å²) < 4.78 is 0. The molecule has 3 atom stereocenters. The highest BCUT2D eigenvalue weighted by atomic mass is 16.2. The maximum atomic E-state index is 12.3. The Kier molecular flexibility index (Phi) is 4.85. The van der Waals surface area contributed by atoms with E-state index in [9.17, 15) is 4.79 Å². The van der Waals surface area contributed by atoms with Gasteiger partial charge in [0.05, 0.1) is 6.04 Å². The van der Waals surface area contributed by atoms with Crippen molar-refractivity contribution in [1.29, 1.82) is 0 Å². The molecule has 1 saturated carbocycles. The van der Waals surface area contributed by atoms with Gasteiger partial charge < -0.3 is 10.2 Å². The second kappa shape index (κ2) is 6.23. The molecule has 2 fully saturated rings. The third kappa shape index (κ3) is 3.48. The molecule has 0 spiro atoms. The molecule has 0 aromatic carbocycles. The van der Waals surface area contributed by atoms with Crippen LogP contribution in [0.15, 0.2) is 0 Å². The normalized spacial score (nSPS) is 29.5. The number of carbonyl (C=O) groups is 1. The summed E-state index contributed by atoms with van der Waals surface area (Å²) in [6, 6.07) is 1.91. The van der Waals surface area contributed by atoms with E-state index in [1.165, 1.54) is 19.3 Å². The fraction of sp³-hybridized carbons (Fsp3) is 0.933. The van der Waals surface area contributed by atoms with Gasteiger partial charge in [0, 0.05) is 37.8 Å². The number of rotatable bonds is 6. The Morgan fingerprint density at radius 3 is 2.53 bits per heavy atom. The summed E-state index contributed by atoms with van der Waals surface area (Å²) in [5.74, 6) is 0.238. The van der Waals surface area contributed by atoms with Crippen LogP contribution in [0.2, 0.25) is 0 Å². The first-order chi connectivity index (χ1) is 9.06. The van der Waals surface area contributed by atoms with Crippen LogP contribution in [0, 0.1) is 0 Å². The van der Waals surface area contributed by atoms with Gasteiger partial charge in [-0.3, -0.25) is 9.69 Å². The van der Waals surface area contributed by atoms with Crippen molar-refractivity contribution in [2.75, 3.05) is 19.6 Å². The fourth-order valence-electron chi connectivity index (χ4n) is 3.33. The van der Waals surface area contributed by atoms with E-state index >= 15 is 0 Å². The summed E-state index contributed by atoms with van der Waals surface area (Å²) in [7, 11) is 0. The second-order valence-corrected chi connectivity index (χ2v) is 6.11. The monoisotopic (exact) mass is 267 g/mol. The number of likely N-dealkylation sites (tertiary alicyclic amines) is 1. The quantitative estimate of drug-likeness (QED) is 0.791. The lowest BCUT2D eigenvalue weighted by molar-refractivity contribution is -0.132. The number of carbonyl (C=O) groups excluding carboxylic acids is 1. The average molecular weight is 267 g/mol. The van der Waals surface area contributed by atoms with Gasteiger partial charge in [0.25, 0.3) is 0 Å². The van der Waals surface area contributed by atoms with E-state index < -0.39 is 0 Å². The van der Waals surface area contributed by atoms with Gasteiger partial charge in [0.1, 0.15) is 0 Å². The zero-order chi connectivity index (χ0) is 14.0. The second-order valence-electron chi connectivity index (χ2n) is 6.11. The Morgan fingerprint density at radius 1 is 1.37 bits per heavy atom. The summed E-state index contributed by atoms with van der Waals surface area (Å²) in [5, 5.41) is 3.54. The lowest BCUT2D eigenvalue weighted by Gasteiger charge is -2.26. The van der Waals surface area contributed by atoms with Crippen molar-refractivity contribution in [2.24, 2.45) is 0 Å². The smallest absolute Gasteiger partial charge is 0.239 e. The van der Waals surface area contributed by atoms with Crippen molar-refractivity contribution in [3.05, 3.63) is 0 Å².